The molecular formula is C11H9ClN2O5S. The fourth-order valence-electron chi connectivity index (χ4n) is 1.46. The highest BCUT2D eigenvalue weighted by Gasteiger charge is 2.20. The number of hydrogen-bond donors (Lipinski definition) is 2. The van der Waals surface area contributed by atoms with Crippen LogP contribution in [0.15, 0.2) is 39.8 Å². The molecule has 106 valence electrons. The van der Waals surface area contributed by atoms with Gasteiger partial charge >= 0.3 is 0 Å². The van der Waals surface area contributed by atoms with E-state index < -0.39 is 21.5 Å². The van der Waals surface area contributed by atoms with Gasteiger partial charge in [0.2, 0.25) is 0 Å². The zero-order valence-electron chi connectivity index (χ0n) is 9.91. The molecule has 0 bridgehead atoms. The Morgan fingerprint density at radius 3 is 2.60 bits per heavy atom. The fourth-order valence-corrected chi connectivity index (χ4v) is 2.81. The van der Waals surface area contributed by atoms with Gasteiger partial charge in [-0.25, -0.2) is 13.9 Å². The molecule has 7 nitrogen and oxygen atoms in total. The number of nitrogens with one attached hydrogen (secondary N) is 1. The van der Waals surface area contributed by atoms with E-state index in [1.165, 1.54) is 29.7 Å². The summed E-state index contributed by atoms with van der Waals surface area (Å²) < 4.78 is 28.9. The molecule has 0 saturated carbocycles. The molecule has 1 aromatic heterocycles. The van der Waals surface area contributed by atoms with E-state index in [1.54, 1.807) is 0 Å². The Bertz CT molecular complexity index is 724. The van der Waals surface area contributed by atoms with Gasteiger partial charge in [-0.1, -0.05) is 16.8 Å². The number of benzene rings is 1. The van der Waals surface area contributed by atoms with E-state index in [2.05, 4.69) is 5.16 Å². The molecule has 1 aromatic carbocycles. The Hall–Kier alpha value is -1.90. The monoisotopic (exact) mass is 316 g/mol. The Labute approximate surface area is 119 Å². The molecule has 0 spiro atoms. The molecule has 2 aromatic rings. The summed E-state index contributed by atoms with van der Waals surface area (Å²) in [5.74, 6) is -1.36. The quantitative estimate of drug-likeness (QED) is 0.652. The number of halogens is 1. The highest BCUT2D eigenvalue weighted by molar-refractivity contribution is 7.90. The number of hydrogen-bond acceptors (Lipinski definition) is 6. The minimum absolute atomic E-state index is 0.0152. The average Bonchev–Trinajstić information content (AvgIpc) is 2.86. The summed E-state index contributed by atoms with van der Waals surface area (Å²) >= 11 is 5.68. The van der Waals surface area contributed by atoms with E-state index >= 15 is 0 Å². The predicted octanol–water partition coefficient (Wildman–Crippen LogP) is 1.42. The lowest BCUT2D eigenvalue weighted by atomic mass is 10.4. The third-order valence-electron chi connectivity index (χ3n) is 2.40. The largest absolute Gasteiger partial charge is 0.359 e. The fraction of sp³-hybridized carbons (Fsp3) is 0.0909. The highest BCUT2D eigenvalue weighted by atomic mass is 35.5. The molecular weight excluding hydrogens is 308 g/mol. The van der Waals surface area contributed by atoms with Gasteiger partial charge in [0, 0.05) is 11.1 Å². The summed E-state index contributed by atoms with van der Waals surface area (Å²) in [5, 5.41) is 12.2. The first-order valence-corrected chi connectivity index (χ1v) is 7.34. The molecule has 0 aliphatic rings. The summed E-state index contributed by atoms with van der Waals surface area (Å²) in [6.07, 6.45) is 0. The third-order valence-corrected chi connectivity index (χ3v) is 4.31. The van der Waals surface area contributed by atoms with Gasteiger partial charge in [0.1, 0.15) is 5.75 Å². The Balaban J connectivity index is 2.22. The zero-order chi connectivity index (χ0) is 14.8. The number of amides is 1. The topological polar surface area (TPSA) is 110 Å². The second kappa shape index (κ2) is 5.61. The minimum atomic E-state index is -3.64. The first-order valence-electron chi connectivity index (χ1n) is 5.31. The molecule has 9 heteroatoms. The van der Waals surface area contributed by atoms with Crippen molar-refractivity contribution in [2.75, 3.05) is 0 Å². The van der Waals surface area contributed by atoms with Crippen LogP contribution < -0.4 is 5.48 Å². The Morgan fingerprint density at radius 1 is 1.35 bits per heavy atom. The standard InChI is InChI=1S/C11H9ClN2O5S/c12-7-1-3-9(4-2-7)20(17,18)6-8-5-10(14-19-8)11(15)13-16/h1-5,16H,6H2,(H,13,15). The minimum Gasteiger partial charge on any atom is -0.359 e. The number of carbonyl (C=O) groups is 1. The van der Waals surface area contributed by atoms with Crippen LogP contribution in [0.2, 0.25) is 5.02 Å². The van der Waals surface area contributed by atoms with Gasteiger partial charge in [0.05, 0.1) is 4.90 Å². The molecule has 0 unspecified atom stereocenters. The first kappa shape index (κ1) is 14.5. The van der Waals surface area contributed by atoms with Crippen LogP contribution in [0.1, 0.15) is 16.2 Å². The lowest BCUT2D eigenvalue weighted by molar-refractivity contribution is 0.0696. The molecule has 0 aliphatic carbocycles. The van der Waals surface area contributed by atoms with Crippen LogP contribution >= 0.6 is 11.6 Å². The Morgan fingerprint density at radius 2 is 2.00 bits per heavy atom. The van der Waals surface area contributed by atoms with Crippen molar-refractivity contribution in [1.29, 1.82) is 0 Å². The average molecular weight is 317 g/mol. The molecule has 0 radical (unpaired) electrons. The predicted molar refractivity (Wildman–Crippen MR) is 68.1 cm³/mol. The van der Waals surface area contributed by atoms with E-state index in [0.29, 0.717) is 5.02 Å². The van der Waals surface area contributed by atoms with Crippen molar-refractivity contribution in [3.8, 4) is 0 Å². The molecule has 1 heterocycles. The molecule has 2 N–H and O–H groups in total. The number of nitrogens with zero attached hydrogens (tertiary/aromatic N) is 1. The molecule has 0 atom stereocenters. The van der Waals surface area contributed by atoms with Gasteiger partial charge in [-0.05, 0) is 24.3 Å². The van der Waals surface area contributed by atoms with Crippen LogP contribution in [-0.4, -0.2) is 24.7 Å². The maximum absolute atomic E-state index is 12.1. The van der Waals surface area contributed by atoms with Crippen molar-refractivity contribution in [1.82, 2.24) is 10.6 Å². The van der Waals surface area contributed by atoms with Crippen molar-refractivity contribution in [3.05, 3.63) is 46.8 Å². The third kappa shape index (κ3) is 3.16. The lowest BCUT2D eigenvalue weighted by Gasteiger charge is -2.01. The SMILES string of the molecule is O=C(NO)c1cc(CS(=O)(=O)c2ccc(Cl)cc2)on1. The maximum Gasteiger partial charge on any atom is 0.296 e. The van der Waals surface area contributed by atoms with E-state index in [9.17, 15) is 13.2 Å². The second-order valence-corrected chi connectivity index (χ2v) is 6.26. The smallest absolute Gasteiger partial charge is 0.296 e. The van der Waals surface area contributed by atoms with E-state index in [-0.39, 0.29) is 16.3 Å². The summed E-state index contributed by atoms with van der Waals surface area (Å²) in [6.45, 7) is 0. The van der Waals surface area contributed by atoms with Gasteiger partial charge in [-0.2, -0.15) is 0 Å². The summed E-state index contributed by atoms with van der Waals surface area (Å²) in [6, 6.07) is 6.79. The van der Waals surface area contributed by atoms with Gasteiger partial charge in [0.25, 0.3) is 5.91 Å². The van der Waals surface area contributed by atoms with Crippen molar-refractivity contribution in [2.24, 2.45) is 0 Å². The van der Waals surface area contributed by atoms with Gasteiger partial charge in [-0.15, -0.1) is 0 Å². The molecule has 1 amide bonds. The van der Waals surface area contributed by atoms with Gasteiger partial charge < -0.3 is 4.52 Å². The first-order chi connectivity index (χ1) is 9.42. The maximum atomic E-state index is 12.1. The Kier molecular flexibility index (Phi) is 4.07. The van der Waals surface area contributed by atoms with Gasteiger partial charge in [0.15, 0.2) is 21.3 Å². The number of hydroxylamine groups is 1. The van der Waals surface area contributed by atoms with Crippen LogP contribution in [0, 0.1) is 0 Å². The zero-order valence-corrected chi connectivity index (χ0v) is 11.5. The van der Waals surface area contributed by atoms with Crippen molar-refractivity contribution >= 4 is 27.3 Å². The molecule has 0 fully saturated rings. The van der Waals surface area contributed by atoms with Crippen molar-refractivity contribution in [3.63, 3.8) is 0 Å². The van der Waals surface area contributed by atoms with Crippen LogP contribution in [0.25, 0.3) is 0 Å². The number of sulfone groups is 1. The number of carbonyl (C=O) groups excluding carboxylic acids is 1. The normalized spacial score (nSPS) is 11.3. The molecule has 2 rings (SSSR count). The van der Waals surface area contributed by atoms with E-state index in [0.717, 1.165) is 6.07 Å². The van der Waals surface area contributed by atoms with Crippen molar-refractivity contribution in [2.45, 2.75) is 10.6 Å². The lowest BCUT2D eigenvalue weighted by Crippen LogP contribution is -2.18. The van der Waals surface area contributed by atoms with Crippen LogP contribution in [0.5, 0.6) is 0 Å². The molecule has 0 aliphatic heterocycles. The van der Waals surface area contributed by atoms with Crippen LogP contribution in [0.4, 0.5) is 0 Å². The van der Waals surface area contributed by atoms with E-state index in [1.807, 2.05) is 0 Å². The van der Waals surface area contributed by atoms with Crippen LogP contribution in [0.3, 0.4) is 0 Å². The summed E-state index contributed by atoms with van der Waals surface area (Å²) in [5.41, 5.74) is 1.16. The summed E-state index contributed by atoms with van der Waals surface area (Å²) in [4.78, 5) is 11.1. The number of rotatable bonds is 4. The van der Waals surface area contributed by atoms with Crippen molar-refractivity contribution < 1.29 is 22.9 Å². The second-order valence-electron chi connectivity index (χ2n) is 3.83. The molecule has 20 heavy (non-hydrogen) atoms. The summed E-state index contributed by atoms with van der Waals surface area (Å²) in [7, 11) is -3.64. The van der Waals surface area contributed by atoms with E-state index in [4.69, 9.17) is 21.3 Å². The van der Waals surface area contributed by atoms with Gasteiger partial charge in [-0.3, -0.25) is 10.0 Å². The molecule has 0 saturated heterocycles. The highest BCUT2D eigenvalue weighted by Crippen LogP contribution is 2.19. The number of aromatic nitrogens is 1. The van der Waals surface area contributed by atoms with Crippen LogP contribution in [-0.2, 0) is 15.6 Å².